The summed E-state index contributed by atoms with van der Waals surface area (Å²) in [5, 5.41) is 16.3. The number of nitrogens with zero attached hydrogens (tertiary/aromatic N) is 2. The normalized spacial score (nSPS) is 14.1. The molecule has 0 saturated heterocycles. The van der Waals surface area contributed by atoms with Gasteiger partial charge in [0.05, 0.1) is 11.6 Å². The van der Waals surface area contributed by atoms with Crippen LogP contribution in [0.25, 0.3) is 11.3 Å². The van der Waals surface area contributed by atoms with Crippen molar-refractivity contribution in [1.29, 1.82) is 0 Å². The Morgan fingerprint density at radius 1 is 1.10 bits per heavy atom. The van der Waals surface area contributed by atoms with Gasteiger partial charge in [0.15, 0.2) is 0 Å². The van der Waals surface area contributed by atoms with Crippen molar-refractivity contribution in [3.8, 4) is 11.3 Å². The van der Waals surface area contributed by atoms with Gasteiger partial charge in [-0.1, -0.05) is 30.3 Å². The lowest BCUT2D eigenvalue weighted by Crippen LogP contribution is -2.45. The summed E-state index contributed by atoms with van der Waals surface area (Å²) >= 11 is 0. The van der Waals surface area contributed by atoms with Crippen LogP contribution < -0.4 is 5.32 Å². The molecule has 0 aliphatic heterocycles. The molecule has 0 bridgehead atoms. The molecule has 1 aromatic heterocycles. The molecule has 4 rings (SSSR count). The van der Waals surface area contributed by atoms with Crippen LogP contribution in [0.5, 0.6) is 0 Å². The number of hydrogen-bond donors (Lipinski definition) is 2. The number of nitrogens with one attached hydrogen (secondary N) is 1. The second kappa shape index (κ2) is 8.51. The Morgan fingerprint density at radius 3 is 2.39 bits per heavy atom. The lowest BCUT2D eigenvalue weighted by Gasteiger charge is -2.16. The first-order valence-electron chi connectivity index (χ1n) is 9.89. The van der Waals surface area contributed by atoms with E-state index in [1.807, 2.05) is 0 Å². The third kappa shape index (κ3) is 4.69. The molecule has 1 aliphatic carbocycles. The number of hydrogen-bond acceptors (Lipinski definition) is 4. The fourth-order valence-electron chi connectivity index (χ4n) is 3.35. The number of amides is 1. The highest BCUT2D eigenvalue weighted by molar-refractivity contribution is 6.35. The van der Waals surface area contributed by atoms with Crippen molar-refractivity contribution in [2.75, 3.05) is 0 Å². The third-order valence-electron chi connectivity index (χ3n) is 5.13. The molecule has 158 valence electrons. The summed E-state index contributed by atoms with van der Waals surface area (Å²) in [4.78, 5) is 36.7. The van der Waals surface area contributed by atoms with Crippen LogP contribution in [0, 0.1) is 5.82 Å². The summed E-state index contributed by atoms with van der Waals surface area (Å²) in [6.07, 6.45) is 3.52. The summed E-state index contributed by atoms with van der Waals surface area (Å²) in [7, 11) is 0. The zero-order valence-corrected chi connectivity index (χ0v) is 16.5. The van der Waals surface area contributed by atoms with Gasteiger partial charge in [-0.05, 0) is 42.7 Å². The molecule has 31 heavy (non-hydrogen) atoms. The molecule has 1 aliphatic rings. The molecule has 2 aromatic carbocycles. The van der Waals surface area contributed by atoms with E-state index in [1.165, 1.54) is 24.3 Å². The number of carboxylic acid groups (broad SMARTS) is 1. The average molecular weight is 421 g/mol. The minimum absolute atomic E-state index is 0.0420. The van der Waals surface area contributed by atoms with Crippen LogP contribution in [0.1, 0.15) is 34.8 Å². The summed E-state index contributed by atoms with van der Waals surface area (Å²) in [6.45, 7) is 0. The number of rotatable bonds is 8. The maximum Gasteiger partial charge on any atom is 0.374 e. The van der Waals surface area contributed by atoms with Crippen molar-refractivity contribution in [3.63, 3.8) is 0 Å². The number of Topliss-reactive ketones (excluding diaryl/α,β-unsaturated/α-hetero) is 1. The predicted molar refractivity (Wildman–Crippen MR) is 110 cm³/mol. The topological polar surface area (TPSA) is 101 Å². The van der Waals surface area contributed by atoms with E-state index >= 15 is 0 Å². The van der Waals surface area contributed by atoms with Crippen LogP contribution in [-0.2, 0) is 16.0 Å². The van der Waals surface area contributed by atoms with E-state index in [9.17, 15) is 23.9 Å². The first kappa shape index (κ1) is 20.5. The van der Waals surface area contributed by atoms with Gasteiger partial charge in [0.1, 0.15) is 17.6 Å². The fourth-order valence-corrected chi connectivity index (χ4v) is 3.35. The largest absolute Gasteiger partial charge is 0.475 e. The Labute approximate surface area is 177 Å². The number of aliphatic carboxylic acids is 1. The van der Waals surface area contributed by atoms with Gasteiger partial charge >= 0.3 is 5.97 Å². The highest BCUT2D eigenvalue weighted by Crippen LogP contribution is 2.36. The molecule has 1 heterocycles. The van der Waals surface area contributed by atoms with E-state index in [2.05, 4.69) is 10.4 Å². The molecule has 7 nitrogen and oxygen atoms in total. The van der Waals surface area contributed by atoms with Crippen LogP contribution in [0.2, 0.25) is 0 Å². The van der Waals surface area contributed by atoms with Gasteiger partial charge in [0.2, 0.25) is 0 Å². The predicted octanol–water partition coefficient (Wildman–Crippen LogP) is 3.02. The molecule has 0 radical (unpaired) electrons. The van der Waals surface area contributed by atoms with Gasteiger partial charge < -0.3 is 10.4 Å². The smallest absolute Gasteiger partial charge is 0.374 e. The van der Waals surface area contributed by atoms with E-state index in [0.29, 0.717) is 11.3 Å². The minimum atomic E-state index is -1.62. The lowest BCUT2D eigenvalue weighted by atomic mass is 10.0. The second-order valence-corrected chi connectivity index (χ2v) is 7.49. The minimum Gasteiger partial charge on any atom is -0.475 e. The summed E-state index contributed by atoms with van der Waals surface area (Å²) < 4.78 is 15.0. The highest BCUT2D eigenvalue weighted by Gasteiger charge is 2.31. The quantitative estimate of drug-likeness (QED) is 0.545. The molecule has 1 atom stereocenters. The number of carbonyl (C=O) groups is 3. The maximum atomic E-state index is 13.4. The van der Waals surface area contributed by atoms with Crippen molar-refractivity contribution in [2.24, 2.45) is 0 Å². The van der Waals surface area contributed by atoms with Crippen molar-refractivity contribution < 1.29 is 23.9 Å². The maximum absolute atomic E-state index is 13.4. The zero-order chi connectivity index (χ0) is 22.0. The summed E-state index contributed by atoms with van der Waals surface area (Å²) in [6, 6.07) is 13.4. The number of aromatic nitrogens is 2. The van der Waals surface area contributed by atoms with Gasteiger partial charge in [-0.25, -0.2) is 9.18 Å². The van der Waals surface area contributed by atoms with E-state index < -0.39 is 29.5 Å². The third-order valence-corrected chi connectivity index (χ3v) is 5.13. The lowest BCUT2D eigenvalue weighted by molar-refractivity contribution is -0.149. The van der Waals surface area contributed by atoms with Gasteiger partial charge in [-0.2, -0.15) is 5.10 Å². The average Bonchev–Trinajstić information content (AvgIpc) is 3.52. The number of carboxylic acids is 1. The Morgan fingerprint density at radius 2 is 1.77 bits per heavy atom. The number of ketones is 1. The van der Waals surface area contributed by atoms with Crippen LogP contribution in [0.15, 0.2) is 60.8 Å². The second-order valence-electron chi connectivity index (χ2n) is 7.49. The van der Waals surface area contributed by atoms with Gasteiger partial charge in [-0.3, -0.25) is 14.3 Å². The zero-order valence-electron chi connectivity index (χ0n) is 16.5. The molecular formula is C23H20FN3O4. The van der Waals surface area contributed by atoms with Gasteiger partial charge in [-0.15, -0.1) is 0 Å². The van der Waals surface area contributed by atoms with Gasteiger partial charge in [0, 0.05) is 18.2 Å². The van der Waals surface area contributed by atoms with E-state index in [1.54, 1.807) is 41.2 Å². The molecule has 2 N–H and O–H groups in total. The molecule has 0 spiro atoms. The molecule has 1 fully saturated rings. The Bertz CT molecular complexity index is 1120. The van der Waals surface area contributed by atoms with Crippen molar-refractivity contribution >= 4 is 17.7 Å². The SMILES string of the molecule is O=C(O)C(=O)C(Cc1ccccc1)NC(=O)c1cn(C2CC2)nc1-c1ccc(F)cc1. The van der Waals surface area contributed by atoms with Crippen LogP contribution in [-0.4, -0.2) is 38.6 Å². The Hall–Kier alpha value is -3.81. The van der Waals surface area contributed by atoms with Crippen LogP contribution in [0.4, 0.5) is 4.39 Å². The van der Waals surface area contributed by atoms with E-state index in [4.69, 9.17) is 0 Å². The van der Waals surface area contributed by atoms with Crippen molar-refractivity contribution in [1.82, 2.24) is 15.1 Å². The van der Waals surface area contributed by atoms with Crippen molar-refractivity contribution in [2.45, 2.75) is 31.3 Å². The highest BCUT2D eigenvalue weighted by atomic mass is 19.1. The van der Waals surface area contributed by atoms with Crippen LogP contribution >= 0.6 is 0 Å². The van der Waals surface area contributed by atoms with E-state index in [-0.39, 0.29) is 18.0 Å². The molecule has 1 amide bonds. The molecular weight excluding hydrogens is 401 g/mol. The summed E-state index contributed by atoms with van der Waals surface area (Å²) in [5.41, 5.74) is 1.82. The van der Waals surface area contributed by atoms with Crippen molar-refractivity contribution in [3.05, 3.63) is 77.7 Å². The molecule has 8 heteroatoms. The summed E-state index contributed by atoms with van der Waals surface area (Å²) in [5.74, 6) is -3.74. The van der Waals surface area contributed by atoms with Gasteiger partial charge in [0.25, 0.3) is 11.7 Å². The Balaban J connectivity index is 1.64. The fraction of sp³-hybridized carbons (Fsp3) is 0.217. The monoisotopic (exact) mass is 421 g/mol. The molecule has 3 aromatic rings. The van der Waals surface area contributed by atoms with Crippen LogP contribution in [0.3, 0.4) is 0 Å². The Kier molecular flexibility index (Phi) is 5.62. The number of carbonyl (C=O) groups excluding carboxylic acids is 2. The first-order chi connectivity index (χ1) is 14.9. The molecule has 1 unspecified atom stereocenters. The van der Waals surface area contributed by atoms with E-state index in [0.717, 1.165) is 18.4 Å². The first-order valence-corrected chi connectivity index (χ1v) is 9.89. The molecule has 1 saturated carbocycles. The number of benzene rings is 2. The number of halogens is 1. The standard InChI is InChI=1S/C23H20FN3O4/c24-16-8-6-15(7-9-16)20-18(13-27(26-20)17-10-11-17)22(29)25-19(21(28)23(30)31)12-14-4-2-1-3-5-14/h1-9,13,17,19H,10-12H2,(H,25,29)(H,30,31).